The molecule has 0 aliphatic carbocycles. The van der Waals surface area contributed by atoms with Crippen molar-refractivity contribution in [2.75, 3.05) is 6.54 Å². The smallest absolute Gasteiger partial charge is 0.237 e. The first-order valence-electron chi connectivity index (χ1n) is 11.6. The summed E-state index contributed by atoms with van der Waals surface area (Å²) in [6, 6.07) is 7.50. The number of nitrogens with zero attached hydrogens (tertiary/aromatic N) is 3. The fraction of sp³-hybridized carbons (Fsp3) is 0.542. The summed E-state index contributed by atoms with van der Waals surface area (Å²) in [7, 11) is 0. The summed E-state index contributed by atoms with van der Waals surface area (Å²) in [4.78, 5) is 24.9. The number of carbonyl (C=O) groups excluding carboxylic acids is 1. The van der Waals surface area contributed by atoms with E-state index in [0.717, 1.165) is 26.7 Å². The molecule has 10 heteroatoms. The number of benzene rings is 1. The van der Waals surface area contributed by atoms with Crippen molar-refractivity contribution < 1.29 is 15.0 Å². The third-order valence-corrected chi connectivity index (χ3v) is 8.25. The number of amides is 1. The fourth-order valence-electron chi connectivity index (χ4n) is 4.70. The largest absolute Gasteiger partial charge is 0.392 e. The molecule has 3 heterocycles. The Hall–Kier alpha value is -1.82. The number of thiazole rings is 1. The predicted octanol–water partition coefficient (Wildman–Crippen LogP) is 2.76. The van der Waals surface area contributed by atoms with Crippen molar-refractivity contribution in [2.45, 2.75) is 65.2 Å². The normalized spacial score (nSPS) is 24.9. The van der Waals surface area contributed by atoms with Gasteiger partial charge >= 0.3 is 0 Å². The number of likely N-dealkylation sites (tertiary alicyclic amines) is 1. The van der Waals surface area contributed by atoms with Crippen LogP contribution < -0.4 is 10.0 Å². The van der Waals surface area contributed by atoms with Gasteiger partial charge in [-0.15, -0.1) is 11.3 Å². The number of hydrogen-bond acceptors (Lipinski definition) is 9. The van der Waals surface area contributed by atoms with Crippen LogP contribution in [0.5, 0.6) is 0 Å². The topological polar surface area (TPSA) is 110 Å². The van der Waals surface area contributed by atoms with Crippen molar-refractivity contribution >= 4 is 34.2 Å². The number of aromatic nitrogens is 1. The Balaban J connectivity index is 1.41. The van der Waals surface area contributed by atoms with Gasteiger partial charge in [-0.2, -0.15) is 0 Å². The van der Waals surface area contributed by atoms with Gasteiger partial charge in [0.05, 0.1) is 33.3 Å². The summed E-state index contributed by atoms with van der Waals surface area (Å²) in [6.45, 7) is 8.66. The Morgan fingerprint density at radius 2 is 2.03 bits per heavy atom. The molecule has 1 aromatic carbocycles. The van der Waals surface area contributed by atoms with E-state index in [1.807, 2.05) is 57.5 Å². The fourth-order valence-corrected chi connectivity index (χ4v) is 6.18. The van der Waals surface area contributed by atoms with Gasteiger partial charge in [0.1, 0.15) is 12.4 Å². The predicted molar refractivity (Wildman–Crippen MR) is 137 cm³/mol. The molecule has 4 rings (SSSR count). The minimum absolute atomic E-state index is 0.130. The minimum Gasteiger partial charge on any atom is -0.392 e. The molecule has 5 atom stereocenters. The quantitative estimate of drug-likeness (QED) is 0.410. The average molecular weight is 504 g/mol. The Morgan fingerprint density at radius 3 is 2.62 bits per heavy atom. The number of aliphatic hydroxyl groups excluding tert-OH is 2. The molecular weight excluding hydrogens is 470 g/mol. The lowest BCUT2D eigenvalue weighted by Crippen LogP contribution is -2.54. The zero-order chi connectivity index (χ0) is 24.4. The Kier molecular flexibility index (Phi) is 8.06. The van der Waals surface area contributed by atoms with Crippen LogP contribution in [0.25, 0.3) is 10.4 Å². The van der Waals surface area contributed by atoms with Crippen molar-refractivity contribution in [2.24, 2.45) is 16.8 Å². The summed E-state index contributed by atoms with van der Waals surface area (Å²) >= 11 is 3.08. The molecule has 0 bridgehead atoms. The molecule has 2 unspecified atom stereocenters. The molecule has 0 spiro atoms. The first-order valence-corrected chi connectivity index (χ1v) is 13.3. The number of hydrogen-bond donors (Lipinski definition) is 4. The number of aryl methyl sites for hydroxylation is 1. The van der Waals surface area contributed by atoms with E-state index >= 15 is 0 Å². The molecule has 34 heavy (non-hydrogen) atoms. The minimum atomic E-state index is -0.900. The van der Waals surface area contributed by atoms with Crippen molar-refractivity contribution in [3.8, 4) is 10.4 Å². The first-order chi connectivity index (χ1) is 16.2. The van der Waals surface area contributed by atoms with Crippen LogP contribution in [0.15, 0.2) is 34.8 Å². The summed E-state index contributed by atoms with van der Waals surface area (Å²) in [5.74, 6) is -0.271. The molecule has 1 fully saturated rings. The molecule has 8 nitrogen and oxygen atoms in total. The zero-order valence-electron chi connectivity index (χ0n) is 19.9. The Bertz CT molecular complexity index is 1030. The van der Waals surface area contributed by atoms with Crippen LogP contribution in [0, 0.1) is 18.8 Å². The van der Waals surface area contributed by atoms with Crippen LogP contribution in [-0.4, -0.2) is 62.1 Å². The monoisotopic (exact) mass is 503 g/mol. The van der Waals surface area contributed by atoms with Crippen LogP contribution in [0.3, 0.4) is 0 Å². The highest BCUT2D eigenvalue weighted by molar-refractivity contribution is 8.12. The number of carbonyl (C=O) groups is 1. The summed E-state index contributed by atoms with van der Waals surface area (Å²) in [5.41, 5.74) is 4.95. The number of aliphatic hydroxyl groups is 2. The highest BCUT2D eigenvalue weighted by Gasteiger charge is 2.45. The van der Waals surface area contributed by atoms with Gasteiger partial charge in [0.25, 0.3) is 0 Å². The molecular formula is C24H33N5O3S2. The SMILES string of the molecule is CC1=NC([C@@H](C(C)C)C(O)N2C[C@H](O)C[C@H]2C(=O)NCc2ccc(-c3scnc3C)cc2)NS1. The van der Waals surface area contributed by atoms with Crippen LogP contribution in [0.2, 0.25) is 0 Å². The molecule has 1 saturated heterocycles. The van der Waals surface area contributed by atoms with Crippen LogP contribution in [0.4, 0.5) is 0 Å². The summed E-state index contributed by atoms with van der Waals surface area (Å²) < 4.78 is 3.27. The van der Waals surface area contributed by atoms with Crippen molar-refractivity contribution in [3.05, 3.63) is 41.0 Å². The number of aliphatic imine (C=N–C) groups is 1. The molecule has 0 radical (unpaired) electrons. The average Bonchev–Trinajstić information content (AvgIpc) is 3.52. The third kappa shape index (κ3) is 5.53. The highest BCUT2D eigenvalue weighted by Crippen LogP contribution is 2.32. The molecule has 1 amide bonds. The van der Waals surface area contributed by atoms with E-state index < -0.39 is 18.4 Å². The number of nitrogens with one attached hydrogen (secondary N) is 2. The van der Waals surface area contributed by atoms with Gasteiger partial charge in [-0.05, 0) is 49.3 Å². The number of β-amino-alcohol motifs (C(OH)–C–C–N with tert-alkyl or cyclic N) is 1. The van der Waals surface area contributed by atoms with E-state index in [4.69, 9.17) is 0 Å². The number of rotatable bonds is 8. The van der Waals surface area contributed by atoms with Crippen LogP contribution in [0.1, 0.15) is 38.4 Å². The van der Waals surface area contributed by atoms with E-state index in [0.29, 0.717) is 13.0 Å². The standard InChI is InChI=1S/C24H33N5O3S2/c1-13(2)20(22-27-15(4)34-28-22)24(32)29-11-18(30)9-19(29)23(31)25-10-16-5-7-17(8-6-16)21-14(3)26-12-33-21/h5-8,12-13,18-20,22,24,28,30,32H,9-11H2,1-4H3,(H,25,31)/t18-,19+,20-,22?,24?/m1/s1. The van der Waals surface area contributed by atoms with Gasteiger partial charge < -0.3 is 15.5 Å². The lowest BCUT2D eigenvalue weighted by atomic mass is 9.90. The second-order valence-electron chi connectivity index (χ2n) is 9.33. The molecule has 4 N–H and O–H groups in total. The van der Waals surface area contributed by atoms with E-state index in [9.17, 15) is 15.0 Å². The van der Waals surface area contributed by atoms with Crippen LogP contribution >= 0.6 is 23.3 Å². The molecule has 2 aliphatic heterocycles. The molecule has 2 aromatic rings. The van der Waals surface area contributed by atoms with Gasteiger partial charge in [0.2, 0.25) is 5.91 Å². The second-order valence-corrected chi connectivity index (χ2v) is 11.2. The maximum Gasteiger partial charge on any atom is 0.237 e. The van der Waals surface area contributed by atoms with E-state index in [1.54, 1.807) is 16.2 Å². The van der Waals surface area contributed by atoms with Crippen molar-refractivity contribution in [1.82, 2.24) is 19.9 Å². The highest BCUT2D eigenvalue weighted by atomic mass is 32.2. The molecule has 184 valence electrons. The molecule has 1 aromatic heterocycles. The van der Waals surface area contributed by atoms with Crippen molar-refractivity contribution in [3.63, 3.8) is 0 Å². The van der Waals surface area contributed by atoms with E-state index in [2.05, 4.69) is 20.0 Å². The molecule has 0 saturated carbocycles. The summed E-state index contributed by atoms with van der Waals surface area (Å²) in [6.07, 6.45) is -1.49. The van der Waals surface area contributed by atoms with Gasteiger partial charge in [-0.25, -0.2) is 9.71 Å². The molecule has 2 aliphatic rings. The first kappa shape index (κ1) is 25.3. The maximum atomic E-state index is 13.1. The van der Waals surface area contributed by atoms with Gasteiger partial charge in [0, 0.05) is 19.0 Å². The van der Waals surface area contributed by atoms with Gasteiger partial charge in [-0.3, -0.25) is 14.7 Å². The van der Waals surface area contributed by atoms with E-state index in [-0.39, 0.29) is 30.5 Å². The Labute approximate surface area is 209 Å². The van der Waals surface area contributed by atoms with Crippen molar-refractivity contribution in [1.29, 1.82) is 0 Å². The van der Waals surface area contributed by atoms with Crippen LogP contribution in [-0.2, 0) is 11.3 Å². The van der Waals surface area contributed by atoms with Gasteiger partial charge in [0.15, 0.2) is 0 Å². The van der Waals surface area contributed by atoms with Gasteiger partial charge in [-0.1, -0.05) is 38.1 Å². The summed E-state index contributed by atoms with van der Waals surface area (Å²) in [5, 5.41) is 25.6. The van der Waals surface area contributed by atoms with E-state index in [1.165, 1.54) is 11.9 Å². The second kappa shape index (κ2) is 10.8. The third-order valence-electron chi connectivity index (χ3n) is 6.51. The lowest BCUT2D eigenvalue weighted by molar-refractivity contribution is -0.133. The zero-order valence-corrected chi connectivity index (χ0v) is 21.6. The lowest BCUT2D eigenvalue weighted by Gasteiger charge is -2.37. The Morgan fingerprint density at radius 1 is 1.29 bits per heavy atom. The maximum absolute atomic E-state index is 13.1.